The highest BCUT2D eigenvalue weighted by Gasteiger charge is 2.73. The molecule has 40 heavy (non-hydrogen) atoms. The number of carbonyl (C=O) groups is 1. The van der Waals surface area contributed by atoms with E-state index in [1.165, 1.54) is 16.7 Å². The highest BCUT2D eigenvalue weighted by atomic mass is 19.1. The van der Waals surface area contributed by atoms with Crippen LogP contribution in [0, 0.1) is 69.5 Å². The minimum absolute atomic E-state index is 0.0194. The highest BCUT2D eigenvalue weighted by Crippen LogP contribution is 2.78. The summed E-state index contributed by atoms with van der Waals surface area (Å²) in [6, 6.07) is 8.67. The predicted octanol–water partition coefficient (Wildman–Crippen LogP) is 9.76. The molecule has 3 heteroatoms. The molecular weight excluding hydrogens is 495 g/mol. The monoisotopic (exact) mass is 548 g/mol. The van der Waals surface area contributed by atoms with E-state index in [-0.39, 0.29) is 28.1 Å². The fourth-order valence-electron chi connectivity index (χ4n) is 12.5. The van der Waals surface area contributed by atoms with E-state index in [2.05, 4.69) is 79.7 Å². The van der Waals surface area contributed by atoms with Crippen molar-refractivity contribution in [2.45, 2.75) is 113 Å². The molecule has 0 aromatic heterocycles. The molecule has 220 valence electrons. The maximum absolute atomic E-state index is 16.9. The lowest BCUT2D eigenvalue weighted by atomic mass is 9.32. The van der Waals surface area contributed by atoms with Gasteiger partial charge in [0.1, 0.15) is 6.17 Å². The summed E-state index contributed by atoms with van der Waals surface area (Å²) in [5, 5.41) is 10.6. The van der Waals surface area contributed by atoms with E-state index >= 15 is 4.39 Å². The van der Waals surface area contributed by atoms with Crippen LogP contribution in [0.1, 0.15) is 111 Å². The zero-order chi connectivity index (χ0) is 29.0. The number of alkyl halides is 1. The van der Waals surface area contributed by atoms with E-state index in [1.807, 2.05) is 6.08 Å². The predicted molar refractivity (Wildman–Crippen MR) is 161 cm³/mol. The normalized spacial score (nSPS) is 47.5. The van der Waals surface area contributed by atoms with Crippen LogP contribution in [0.3, 0.4) is 0 Å². The van der Waals surface area contributed by atoms with Crippen LogP contribution in [-0.4, -0.2) is 17.2 Å². The molecule has 0 spiro atoms. The number of fused-ring (bicyclic) bond motifs is 7. The number of halogens is 1. The van der Waals surface area contributed by atoms with Gasteiger partial charge in [-0.05, 0) is 127 Å². The molecule has 1 unspecified atom stereocenters. The maximum Gasteiger partial charge on any atom is 0.309 e. The van der Waals surface area contributed by atoms with E-state index in [0.717, 1.165) is 51.4 Å². The molecule has 10 atom stereocenters. The second-order valence-electron chi connectivity index (χ2n) is 16.5. The van der Waals surface area contributed by atoms with Gasteiger partial charge in [0.15, 0.2) is 0 Å². The molecule has 0 radical (unpaired) electrons. The Morgan fingerprint density at radius 2 is 1.55 bits per heavy atom. The van der Waals surface area contributed by atoms with Gasteiger partial charge in [0, 0.05) is 5.41 Å². The number of hydrogen-bond donors (Lipinski definition) is 1. The Kier molecular flexibility index (Phi) is 6.36. The Morgan fingerprint density at radius 1 is 0.875 bits per heavy atom. The largest absolute Gasteiger partial charge is 0.481 e. The van der Waals surface area contributed by atoms with Gasteiger partial charge in [0.2, 0.25) is 0 Å². The fraction of sp³-hybridized carbons (Fsp3) is 0.757. The van der Waals surface area contributed by atoms with Crippen molar-refractivity contribution in [2.75, 3.05) is 0 Å². The third kappa shape index (κ3) is 3.42. The summed E-state index contributed by atoms with van der Waals surface area (Å²) in [6.45, 7) is 18.8. The first kappa shape index (κ1) is 28.5. The number of aliphatic carboxylic acids is 1. The number of carboxylic acid groups (broad SMARTS) is 1. The van der Waals surface area contributed by atoms with Crippen LogP contribution in [0.5, 0.6) is 0 Å². The molecule has 5 aliphatic carbocycles. The minimum atomic E-state index is -0.969. The number of rotatable bonds is 3. The summed E-state index contributed by atoms with van der Waals surface area (Å²) in [7, 11) is 0. The lowest BCUT2D eigenvalue weighted by Crippen LogP contribution is -2.67. The van der Waals surface area contributed by atoms with Crippen molar-refractivity contribution in [2.24, 2.45) is 62.6 Å². The standard InChI is InChI=1S/C37H53FO2/c1-22(2)25-15-18-37(32(39)40)20-19-34(6)26(31(25)37)13-14-29-35(34,7)17-16-28-33(4,5)27(21-30(38)36(28,29)8)24-11-9-23(3)10-12-24/h9-12,21-22,25-26,28-31H,13-20H2,1-8H3,(H,39,40)/t25-,26+,28-,29-,30?,31+,34+,35+,36-,37-/m0/s1. The van der Waals surface area contributed by atoms with Crippen LogP contribution in [0.4, 0.5) is 4.39 Å². The van der Waals surface area contributed by atoms with Crippen LogP contribution in [-0.2, 0) is 4.79 Å². The third-order valence-corrected chi connectivity index (χ3v) is 14.8. The van der Waals surface area contributed by atoms with E-state index < -0.39 is 23.0 Å². The van der Waals surface area contributed by atoms with E-state index in [0.29, 0.717) is 23.7 Å². The molecule has 5 aliphatic rings. The maximum atomic E-state index is 16.9. The van der Waals surface area contributed by atoms with E-state index in [9.17, 15) is 9.90 Å². The Balaban J connectivity index is 1.41. The van der Waals surface area contributed by atoms with Crippen LogP contribution >= 0.6 is 0 Å². The van der Waals surface area contributed by atoms with Gasteiger partial charge in [-0.25, -0.2) is 4.39 Å². The van der Waals surface area contributed by atoms with Gasteiger partial charge in [0.25, 0.3) is 0 Å². The first-order chi connectivity index (χ1) is 18.6. The lowest BCUT2D eigenvalue weighted by Gasteiger charge is -2.72. The van der Waals surface area contributed by atoms with Gasteiger partial charge in [-0.2, -0.15) is 0 Å². The fourth-order valence-corrected chi connectivity index (χ4v) is 12.5. The molecule has 4 fully saturated rings. The van der Waals surface area contributed by atoms with Crippen molar-refractivity contribution in [1.82, 2.24) is 0 Å². The molecule has 1 N–H and O–H groups in total. The number of hydrogen-bond acceptors (Lipinski definition) is 1. The zero-order valence-corrected chi connectivity index (χ0v) is 26.3. The number of carboxylic acids is 1. The lowest BCUT2D eigenvalue weighted by molar-refractivity contribution is -0.239. The molecule has 0 bridgehead atoms. The summed E-state index contributed by atoms with van der Waals surface area (Å²) in [5.74, 6) is 1.71. The first-order valence-electron chi connectivity index (χ1n) is 16.3. The molecule has 0 saturated heterocycles. The van der Waals surface area contributed by atoms with Gasteiger partial charge in [-0.3, -0.25) is 4.79 Å². The average Bonchev–Trinajstić information content (AvgIpc) is 3.29. The van der Waals surface area contributed by atoms with Gasteiger partial charge >= 0.3 is 5.97 Å². The van der Waals surface area contributed by atoms with Crippen molar-refractivity contribution in [3.05, 3.63) is 41.5 Å². The van der Waals surface area contributed by atoms with Gasteiger partial charge in [0.05, 0.1) is 5.41 Å². The van der Waals surface area contributed by atoms with E-state index in [4.69, 9.17) is 0 Å². The molecule has 0 amide bonds. The van der Waals surface area contributed by atoms with E-state index in [1.54, 1.807) is 0 Å². The molecule has 4 saturated carbocycles. The van der Waals surface area contributed by atoms with Crippen molar-refractivity contribution in [3.8, 4) is 0 Å². The number of aryl methyl sites for hydroxylation is 1. The van der Waals surface area contributed by atoms with Crippen molar-refractivity contribution in [3.63, 3.8) is 0 Å². The zero-order valence-electron chi connectivity index (χ0n) is 26.3. The Morgan fingerprint density at radius 3 is 2.17 bits per heavy atom. The first-order valence-corrected chi connectivity index (χ1v) is 16.3. The topological polar surface area (TPSA) is 37.3 Å². The molecule has 2 nitrogen and oxygen atoms in total. The summed E-state index contributed by atoms with van der Waals surface area (Å²) in [5.41, 5.74) is 2.59. The Labute approximate surface area is 242 Å². The molecular formula is C37H53FO2. The number of allylic oxidation sites excluding steroid dienone is 2. The average molecular weight is 549 g/mol. The summed E-state index contributed by atoms with van der Waals surface area (Å²) < 4.78 is 16.9. The molecule has 0 aliphatic heterocycles. The minimum Gasteiger partial charge on any atom is -0.481 e. The van der Waals surface area contributed by atoms with Crippen molar-refractivity contribution < 1.29 is 14.3 Å². The summed E-state index contributed by atoms with van der Waals surface area (Å²) in [6.07, 6.45) is 8.97. The van der Waals surface area contributed by atoms with Crippen LogP contribution in [0.15, 0.2) is 30.3 Å². The van der Waals surface area contributed by atoms with Crippen LogP contribution in [0.25, 0.3) is 5.57 Å². The third-order valence-electron chi connectivity index (χ3n) is 14.8. The van der Waals surface area contributed by atoms with Crippen molar-refractivity contribution >= 4 is 11.5 Å². The Bertz CT molecular complexity index is 1210. The summed E-state index contributed by atoms with van der Waals surface area (Å²) >= 11 is 0. The van der Waals surface area contributed by atoms with Gasteiger partial charge in [-0.1, -0.05) is 78.3 Å². The Hall–Kier alpha value is -1.64. The SMILES string of the molecule is Cc1ccc(C2=CC(F)[C@]3(C)[C@H]4CC[C@@H]5[C@H]6[C@H](C(C)C)CC[C@]6(C(=O)O)CC[C@@]5(C)[C@]4(C)CC[C@H]3C2(C)C)cc1. The second-order valence-corrected chi connectivity index (χ2v) is 16.5. The molecule has 6 rings (SSSR count). The van der Waals surface area contributed by atoms with Gasteiger partial charge < -0.3 is 5.11 Å². The molecule has 1 aromatic rings. The number of benzene rings is 1. The van der Waals surface area contributed by atoms with Crippen LogP contribution in [0.2, 0.25) is 0 Å². The quantitative estimate of drug-likeness (QED) is 0.408. The van der Waals surface area contributed by atoms with Crippen molar-refractivity contribution in [1.29, 1.82) is 0 Å². The summed E-state index contributed by atoms with van der Waals surface area (Å²) in [4.78, 5) is 12.9. The highest BCUT2D eigenvalue weighted by molar-refractivity contribution is 5.76. The molecule has 0 heterocycles. The molecule has 1 aromatic carbocycles. The second kappa shape index (κ2) is 8.93. The van der Waals surface area contributed by atoms with Gasteiger partial charge in [-0.15, -0.1) is 0 Å². The smallest absolute Gasteiger partial charge is 0.309 e. The van der Waals surface area contributed by atoms with Crippen LogP contribution < -0.4 is 0 Å².